The average molecular weight is 286 g/mol. The molecule has 104 valence electrons. The van der Waals surface area contributed by atoms with Crippen LogP contribution in [0.15, 0.2) is 17.3 Å². The van der Waals surface area contributed by atoms with E-state index in [-0.39, 0.29) is 17.4 Å². The molecule has 0 amide bonds. The molecule has 2 heterocycles. The van der Waals surface area contributed by atoms with Gasteiger partial charge in [0, 0.05) is 13.2 Å². The third-order valence-corrected chi connectivity index (χ3v) is 5.00. The van der Waals surface area contributed by atoms with Gasteiger partial charge in [-0.2, -0.15) is 0 Å². The summed E-state index contributed by atoms with van der Waals surface area (Å²) >= 11 is 0. The van der Waals surface area contributed by atoms with E-state index in [4.69, 9.17) is 5.73 Å². The summed E-state index contributed by atoms with van der Waals surface area (Å²) in [6, 6.07) is 1.30. The van der Waals surface area contributed by atoms with Crippen molar-refractivity contribution in [2.45, 2.75) is 19.4 Å². The van der Waals surface area contributed by atoms with Gasteiger partial charge in [-0.05, 0) is 25.5 Å². The second-order valence-corrected chi connectivity index (χ2v) is 6.81. The lowest BCUT2D eigenvalue weighted by molar-refractivity contribution is 0.445. The first kappa shape index (κ1) is 13.7. The molecule has 6 nitrogen and oxygen atoms in total. The normalized spacial score (nSPS) is 26.1. The van der Waals surface area contributed by atoms with Gasteiger partial charge in [-0.1, -0.05) is 0 Å². The highest BCUT2D eigenvalue weighted by Crippen LogP contribution is 2.31. The van der Waals surface area contributed by atoms with Gasteiger partial charge in [0.2, 0.25) is 16.0 Å². The first-order valence-corrected chi connectivity index (χ1v) is 7.21. The maximum Gasteiger partial charge on any atom is 0.239 e. The van der Waals surface area contributed by atoms with E-state index in [9.17, 15) is 12.8 Å². The highest BCUT2D eigenvalue weighted by Gasteiger charge is 2.42. The van der Waals surface area contributed by atoms with Crippen molar-refractivity contribution in [2.75, 3.05) is 12.8 Å². The van der Waals surface area contributed by atoms with Crippen molar-refractivity contribution in [1.29, 1.82) is 0 Å². The molecule has 0 spiro atoms. The van der Waals surface area contributed by atoms with Crippen LogP contribution in [-0.4, -0.2) is 36.5 Å². The third-order valence-electron chi connectivity index (χ3n) is 3.05. The first-order chi connectivity index (χ1) is 8.66. The summed E-state index contributed by atoms with van der Waals surface area (Å²) in [5.74, 6) is -1.13. The van der Waals surface area contributed by atoms with E-state index in [1.807, 2.05) is 0 Å². The van der Waals surface area contributed by atoms with E-state index in [0.717, 1.165) is 4.31 Å². The Hall–Kier alpha value is -1.70. The van der Waals surface area contributed by atoms with Gasteiger partial charge in [-0.25, -0.2) is 22.1 Å². The van der Waals surface area contributed by atoms with Crippen LogP contribution in [0, 0.1) is 12.7 Å². The molecular formula is C11H15FN4O2S. The zero-order valence-corrected chi connectivity index (χ0v) is 11.7. The van der Waals surface area contributed by atoms with Crippen molar-refractivity contribution < 1.29 is 12.8 Å². The van der Waals surface area contributed by atoms with Crippen LogP contribution in [0.1, 0.15) is 18.2 Å². The molecule has 1 aliphatic heterocycles. The summed E-state index contributed by atoms with van der Waals surface area (Å²) < 4.78 is 38.8. The monoisotopic (exact) mass is 286 g/mol. The predicted molar refractivity (Wildman–Crippen MR) is 69.5 cm³/mol. The zero-order chi connectivity index (χ0) is 14.4. The van der Waals surface area contributed by atoms with Crippen LogP contribution in [0.25, 0.3) is 0 Å². The quantitative estimate of drug-likeness (QED) is 0.806. The topological polar surface area (TPSA) is 88.7 Å². The van der Waals surface area contributed by atoms with Gasteiger partial charge in [0.1, 0.15) is 22.8 Å². The number of aliphatic imine (C=N–C) groups is 1. The van der Waals surface area contributed by atoms with Crippen molar-refractivity contribution in [3.05, 3.63) is 29.3 Å². The molecule has 0 unspecified atom stereocenters. The maximum absolute atomic E-state index is 14.0. The van der Waals surface area contributed by atoms with Gasteiger partial charge in [0.05, 0.1) is 0 Å². The van der Waals surface area contributed by atoms with Crippen molar-refractivity contribution in [2.24, 2.45) is 10.7 Å². The minimum absolute atomic E-state index is 0.0160. The van der Waals surface area contributed by atoms with Crippen molar-refractivity contribution in [3.8, 4) is 0 Å². The number of hydrogen-bond donors (Lipinski definition) is 1. The third kappa shape index (κ3) is 2.27. The summed E-state index contributed by atoms with van der Waals surface area (Å²) in [4.78, 5) is 8.07. The second kappa shape index (κ2) is 4.16. The predicted octanol–water partition coefficient (Wildman–Crippen LogP) is 0.334. The lowest BCUT2D eigenvalue weighted by atomic mass is 9.99. The fraction of sp³-hybridized carbons (Fsp3) is 0.455. The van der Waals surface area contributed by atoms with E-state index in [2.05, 4.69) is 9.98 Å². The summed E-state index contributed by atoms with van der Waals surface area (Å²) in [5, 5.41) is 0. The van der Waals surface area contributed by atoms with Crippen molar-refractivity contribution in [3.63, 3.8) is 0 Å². The van der Waals surface area contributed by atoms with Gasteiger partial charge in [-0.15, -0.1) is 0 Å². The van der Waals surface area contributed by atoms with Gasteiger partial charge in [0.25, 0.3) is 0 Å². The van der Waals surface area contributed by atoms with Crippen LogP contribution in [0.2, 0.25) is 0 Å². The van der Waals surface area contributed by atoms with Gasteiger partial charge in [0.15, 0.2) is 0 Å². The van der Waals surface area contributed by atoms with E-state index in [1.54, 1.807) is 6.92 Å². The molecule has 0 fully saturated rings. The summed E-state index contributed by atoms with van der Waals surface area (Å²) in [6.07, 6.45) is 1.47. The van der Waals surface area contributed by atoms with Crippen LogP contribution in [0.4, 0.5) is 4.39 Å². The Morgan fingerprint density at radius 2 is 2.16 bits per heavy atom. The lowest BCUT2D eigenvalue weighted by Crippen LogP contribution is -2.50. The minimum atomic E-state index is -3.62. The van der Waals surface area contributed by atoms with Crippen LogP contribution < -0.4 is 5.73 Å². The lowest BCUT2D eigenvalue weighted by Gasteiger charge is -2.33. The van der Waals surface area contributed by atoms with E-state index in [0.29, 0.717) is 5.56 Å². The van der Waals surface area contributed by atoms with Crippen LogP contribution in [-0.2, 0) is 15.6 Å². The van der Waals surface area contributed by atoms with Crippen molar-refractivity contribution >= 4 is 16.0 Å². The number of aryl methyl sites for hydroxylation is 1. The number of pyridine rings is 1. The Bertz CT molecular complexity index is 659. The van der Waals surface area contributed by atoms with E-state index >= 15 is 0 Å². The molecule has 1 aromatic heterocycles. The molecule has 0 radical (unpaired) electrons. The van der Waals surface area contributed by atoms with E-state index < -0.39 is 21.4 Å². The maximum atomic E-state index is 14.0. The zero-order valence-electron chi connectivity index (χ0n) is 10.9. The molecule has 2 rings (SSSR count). The smallest absolute Gasteiger partial charge is 0.239 e. The Morgan fingerprint density at radius 1 is 1.53 bits per heavy atom. The average Bonchev–Trinajstić information content (AvgIpc) is 2.24. The molecule has 2 N–H and O–H groups in total. The van der Waals surface area contributed by atoms with Gasteiger partial charge in [-0.3, -0.25) is 4.98 Å². The number of hydrogen-bond acceptors (Lipinski definition) is 5. The van der Waals surface area contributed by atoms with Crippen LogP contribution in [0.3, 0.4) is 0 Å². The van der Waals surface area contributed by atoms with Gasteiger partial charge >= 0.3 is 0 Å². The largest absolute Gasteiger partial charge is 0.369 e. The number of nitrogens with zero attached hydrogens (tertiary/aromatic N) is 3. The fourth-order valence-corrected chi connectivity index (χ4v) is 3.43. The Morgan fingerprint density at radius 3 is 2.68 bits per heavy atom. The van der Waals surface area contributed by atoms with Crippen molar-refractivity contribution in [1.82, 2.24) is 9.29 Å². The molecular weight excluding hydrogens is 271 g/mol. The molecule has 0 aliphatic carbocycles. The number of halogens is 1. The summed E-state index contributed by atoms with van der Waals surface area (Å²) in [7, 11) is -2.31. The second-order valence-electron chi connectivity index (χ2n) is 4.81. The number of rotatable bonds is 1. The molecule has 1 aliphatic rings. The Labute approximate surface area is 111 Å². The molecule has 0 aromatic carbocycles. The number of aromatic nitrogens is 1. The molecule has 0 saturated carbocycles. The van der Waals surface area contributed by atoms with E-state index in [1.165, 1.54) is 26.2 Å². The van der Waals surface area contributed by atoms with Crippen LogP contribution >= 0.6 is 0 Å². The minimum Gasteiger partial charge on any atom is -0.369 e. The number of guanidine groups is 1. The standard InChI is InChI=1S/C11H15FN4O2S/c1-7-4-8(12)9(14-5-7)11(2)6-19(17,18)16(3)10(13)15-11/h4-5H,6H2,1-3H3,(H2,13,15)/t11-/m0/s1. The molecule has 1 atom stereocenters. The Kier molecular flexibility index (Phi) is 3.00. The molecule has 1 aromatic rings. The highest BCUT2D eigenvalue weighted by molar-refractivity contribution is 7.89. The molecule has 8 heteroatoms. The number of nitrogens with two attached hydrogens (primary N) is 1. The SMILES string of the molecule is Cc1cnc([C@]2(C)CS(=O)(=O)N(C)C(N)=N2)c(F)c1. The Balaban J connectivity index is 2.61. The van der Waals surface area contributed by atoms with Gasteiger partial charge < -0.3 is 5.73 Å². The highest BCUT2D eigenvalue weighted by atomic mass is 32.2. The fourth-order valence-electron chi connectivity index (χ4n) is 2.00. The first-order valence-electron chi connectivity index (χ1n) is 5.60. The summed E-state index contributed by atoms with van der Waals surface area (Å²) in [5.41, 5.74) is 4.92. The molecule has 0 bridgehead atoms. The summed E-state index contributed by atoms with van der Waals surface area (Å²) in [6.45, 7) is 3.20. The number of sulfonamides is 1. The van der Waals surface area contributed by atoms with Crippen LogP contribution in [0.5, 0.6) is 0 Å². The molecule has 0 saturated heterocycles. The molecule has 19 heavy (non-hydrogen) atoms.